The van der Waals surface area contributed by atoms with E-state index in [1.54, 1.807) is 17.7 Å². The lowest BCUT2D eigenvalue weighted by atomic mass is 10.2. The fraction of sp³-hybridized carbons (Fsp3) is 0.125. The van der Waals surface area contributed by atoms with Gasteiger partial charge in [-0.25, -0.2) is 4.98 Å². The van der Waals surface area contributed by atoms with E-state index in [1.165, 1.54) is 4.88 Å². The van der Waals surface area contributed by atoms with Crippen molar-refractivity contribution >= 4 is 11.3 Å². The number of aromatic amines is 1. The molecule has 0 aliphatic carbocycles. The minimum absolute atomic E-state index is 0.610. The van der Waals surface area contributed by atoms with Crippen LogP contribution in [0.5, 0.6) is 0 Å². The van der Waals surface area contributed by atoms with Gasteiger partial charge in [0, 0.05) is 22.4 Å². The first kappa shape index (κ1) is 7.52. The molecule has 0 atom stereocenters. The predicted molar refractivity (Wildman–Crippen MR) is 49.8 cm³/mol. The summed E-state index contributed by atoms with van der Waals surface area (Å²) in [6.45, 7) is 0.610. The van der Waals surface area contributed by atoms with Crippen LogP contribution in [0, 0.1) is 0 Å². The Morgan fingerprint density at radius 1 is 1.58 bits per heavy atom. The van der Waals surface area contributed by atoms with Crippen LogP contribution in [-0.4, -0.2) is 9.97 Å². The van der Waals surface area contributed by atoms with Gasteiger partial charge in [0.25, 0.3) is 0 Å². The van der Waals surface area contributed by atoms with E-state index in [0.717, 1.165) is 11.3 Å². The van der Waals surface area contributed by atoms with Crippen molar-refractivity contribution in [2.24, 2.45) is 5.73 Å². The highest BCUT2D eigenvalue weighted by molar-refractivity contribution is 7.10. The highest BCUT2D eigenvalue weighted by atomic mass is 32.1. The van der Waals surface area contributed by atoms with Gasteiger partial charge >= 0.3 is 0 Å². The van der Waals surface area contributed by atoms with Crippen molar-refractivity contribution in [3.8, 4) is 11.3 Å². The zero-order valence-corrected chi connectivity index (χ0v) is 7.27. The monoisotopic (exact) mass is 179 g/mol. The number of hydrogen-bond donors (Lipinski definition) is 2. The van der Waals surface area contributed by atoms with Crippen molar-refractivity contribution < 1.29 is 0 Å². The van der Waals surface area contributed by atoms with Crippen LogP contribution in [-0.2, 0) is 6.54 Å². The summed E-state index contributed by atoms with van der Waals surface area (Å²) in [5.74, 6) is 0. The maximum atomic E-state index is 5.50. The van der Waals surface area contributed by atoms with Gasteiger partial charge in [-0.1, -0.05) is 0 Å². The maximum Gasteiger partial charge on any atom is 0.0924 e. The van der Waals surface area contributed by atoms with Crippen LogP contribution >= 0.6 is 11.3 Å². The molecule has 0 fully saturated rings. The molecular formula is C8H9N3S. The largest absolute Gasteiger partial charge is 0.345 e. The van der Waals surface area contributed by atoms with E-state index in [1.807, 2.05) is 6.20 Å². The third-order valence-corrected chi connectivity index (χ3v) is 2.62. The molecule has 0 unspecified atom stereocenters. The second-order valence-corrected chi connectivity index (χ2v) is 3.47. The van der Waals surface area contributed by atoms with Crippen LogP contribution in [0.4, 0.5) is 0 Å². The first-order valence-electron chi connectivity index (χ1n) is 3.66. The van der Waals surface area contributed by atoms with Crippen molar-refractivity contribution in [1.29, 1.82) is 0 Å². The van der Waals surface area contributed by atoms with Gasteiger partial charge in [-0.05, 0) is 6.07 Å². The number of thiophene rings is 1. The topological polar surface area (TPSA) is 54.7 Å². The van der Waals surface area contributed by atoms with E-state index in [-0.39, 0.29) is 0 Å². The molecule has 62 valence electrons. The molecule has 0 radical (unpaired) electrons. The first-order valence-corrected chi connectivity index (χ1v) is 4.54. The molecule has 2 rings (SSSR count). The highest BCUT2D eigenvalue weighted by Crippen LogP contribution is 2.22. The van der Waals surface area contributed by atoms with Crippen molar-refractivity contribution in [1.82, 2.24) is 9.97 Å². The summed E-state index contributed by atoms with van der Waals surface area (Å²) in [6, 6.07) is 2.08. The van der Waals surface area contributed by atoms with Gasteiger partial charge in [-0.3, -0.25) is 0 Å². The Morgan fingerprint density at radius 3 is 3.08 bits per heavy atom. The summed E-state index contributed by atoms with van der Waals surface area (Å²) < 4.78 is 0. The SMILES string of the molecule is NCc1cc(-c2cnc[nH]2)cs1. The Labute approximate surface area is 74.3 Å². The summed E-state index contributed by atoms with van der Waals surface area (Å²) >= 11 is 1.67. The average Bonchev–Trinajstić information content (AvgIpc) is 2.75. The summed E-state index contributed by atoms with van der Waals surface area (Å²) in [6.07, 6.45) is 3.48. The fourth-order valence-electron chi connectivity index (χ4n) is 1.04. The molecule has 2 aromatic rings. The lowest BCUT2D eigenvalue weighted by molar-refractivity contribution is 1.11. The summed E-state index contributed by atoms with van der Waals surface area (Å²) in [5, 5.41) is 2.08. The fourth-order valence-corrected chi connectivity index (χ4v) is 1.81. The lowest BCUT2D eigenvalue weighted by Crippen LogP contribution is -1.91. The van der Waals surface area contributed by atoms with Crippen LogP contribution < -0.4 is 5.73 Å². The molecule has 4 heteroatoms. The second-order valence-electron chi connectivity index (χ2n) is 2.47. The number of imidazole rings is 1. The standard InChI is InChI=1S/C8H9N3S/c9-2-7-1-6(4-12-7)8-3-10-5-11-8/h1,3-5H,2,9H2,(H,10,11). The molecule has 12 heavy (non-hydrogen) atoms. The Kier molecular flexibility index (Phi) is 1.93. The van der Waals surface area contributed by atoms with Gasteiger partial charge in [0.05, 0.1) is 18.2 Å². The van der Waals surface area contributed by atoms with E-state index in [0.29, 0.717) is 6.54 Å². The van der Waals surface area contributed by atoms with Crippen molar-refractivity contribution in [3.05, 3.63) is 28.8 Å². The van der Waals surface area contributed by atoms with E-state index >= 15 is 0 Å². The number of rotatable bonds is 2. The predicted octanol–water partition coefficient (Wildman–Crippen LogP) is 1.60. The zero-order valence-electron chi connectivity index (χ0n) is 6.45. The molecule has 0 saturated carbocycles. The van der Waals surface area contributed by atoms with Crippen LogP contribution in [0.25, 0.3) is 11.3 Å². The molecule has 2 aromatic heterocycles. The van der Waals surface area contributed by atoms with Crippen molar-refractivity contribution in [2.45, 2.75) is 6.54 Å². The van der Waals surface area contributed by atoms with Crippen LogP contribution in [0.15, 0.2) is 24.0 Å². The molecule has 0 aliphatic heterocycles. The number of nitrogens with one attached hydrogen (secondary N) is 1. The molecule has 2 heterocycles. The number of nitrogens with two attached hydrogens (primary N) is 1. The lowest BCUT2D eigenvalue weighted by Gasteiger charge is -1.87. The molecule has 0 aromatic carbocycles. The van der Waals surface area contributed by atoms with Crippen LogP contribution in [0.2, 0.25) is 0 Å². The van der Waals surface area contributed by atoms with Crippen LogP contribution in [0.1, 0.15) is 4.88 Å². The summed E-state index contributed by atoms with van der Waals surface area (Å²) in [7, 11) is 0. The van der Waals surface area contributed by atoms with Crippen LogP contribution in [0.3, 0.4) is 0 Å². The first-order chi connectivity index (χ1) is 5.90. The van der Waals surface area contributed by atoms with E-state index < -0.39 is 0 Å². The Hall–Kier alpha value is -1.13. The van der Waals surface area contributed by atoms with Gasteiger partial charge < -0.3 is 10.7 Å². The maximum absolute atomic E-state index is 5.50. The van der Waals surface area contributed by atoms with E-state index in [4.69, 9.17) is 5.73 Å². The minimum Gasteiger partial charge on any atom is -0.345 e. The zero-order chi connectivity index (χ0) is 8.39. The third-order valence-electron chi connectivity index (χ3n) is 1.66. The molecule has 0 aliphatic rings. The van der Waals surface area contributed by atoms with Gasteiger partial charge in [-0.2, -0.15) is 0 Å². The Morgan fingerprint density at radius 2 is 2.50 bits per heavy atom. The molecule has 3 N–H and O–H groups in total. The molecular weight excluding hydrogens is 170 g/mol. The summed E-state index contributed by atoms with van der Waals surface area (Å²) in [4.78, 5) is 8.19. The molecule has 0 saturated heterocycles. The molecule has 0 spiro atoms. The van der Waals surface area contributed by atoms with Crippen molar-refractivity contribution in [2.75, 3.05) is 0 Å². The second kappa shape index (κ2) is 3.08. The van der Waals surface area contributed by atoms with E-state index in [9.17, 15) is 0 Å². The highest BCUT2D eigenvalue weighted by Gasteiger charge is 2.01. The normalized spacial score (nSPS) is 10.4. The van der Waals surface area contributed by atoms with Gasteiger partial charge in [-0.15, -0.1) is 11.3 Å². The molecule has 0 bridgehead atoms. The number of aromatic nitrogens is 2. The Balaban J connectivity index is 2.35. The Bertz CT molecular complexity index is 350. The summed E-state index contributed by atoms with van der Waals surface area (Å²) in [5.41, 5.74) is 7.71. The van der Waals surface area contributed by atoms with E-state index in [2.05, 4.69) is 21.4 Å². The molecule has 0 amide bonds. The third kappa shape index (κ3) is 1.26. The van der Waals surface area contributed by atoms with Gasteiger partial charge in [0.15, 0.2) is 0 Å². The average molecular weight is 179 g/mol. The number of H-pyrrole nitrogens is 1. The van der Waals surface area contributed by atoms with Crippen molar-refractivity contribution in [3.63, 3.8) is 0 Å². The minimum atomic E-state index is 0.610. The number of hydrogen-bond acceptors (Lipinski definition) is 3. The molecule has 3 nitrogen and oxygen atoms in total. The number of nitrogens with zero attached hydrogens (tertiary/aromatic N) is 1. The van der Waals surface area contributed by atoms with Gasteiger partial charge in [0.1, 0.15) is 0 Å². The smallest absolute Gasteiger partial charge is 0.0924 e. The quantitative estimate of drug-likeness (QED) is 0.735. The van der Waals surface area contributed by atoms with Gasteiger partial charge in [0.2, 0.25) is 0 Å².